The van der Waals surface area contributed by atoms with E-state index in [1.807, 2.05) is 0 Å². The van der Waals surface area contributed by atoms with Gasteiger partial charge in [-0.1, -0.05) is 18.5 Å². The van der Waals surface area contributed by atoms with E-state index in [0.29, 0.717) is 5.02 Å². The van der Waals surface area contributed by atoms with Crippen LogP contribution in [-0.4, -0.2) is 25.5 Å². The van der Waals surface area contributed by atoms with E-state index in [1.165, 1.54) is 24.3 Å². The van der Waals surface area contributed by atoms with E-state index in [1.54, 1.807) is 6.92 Å². The minimum absolute atomic E-state index is 0.0124. The van der Waals surface area contributed by atoms with Gasteiger partial charge in [0.1, 0.15) is 6.04 Å². The first kappa shape index (κ1) is 14.0. The van der Waals surface area contributed by atoms with Gasteiger partial charge in [0.05, 0.1) is 4.90 Å². The summed E-state index contributed by atoms with van der Waals surface area (Å²) in [6, 6.07) is 4.37. The van der Waals surface area contributed by atoms with Gasteiger partial charge in [0.15, 0.2) is 0 Å². The smallest absolute Gasteiger partial charge is 0.321 e. The van der Waals surface area contributed by atoms with E-state index in [0.717, 1.165) is 0 Å². The van der Waals surface area contributed by atoms with Gasteiger partial charge >= 0.3 is 5.97 Å². The van der Waals surface area contributed by atoms with Gasteiger partial charge in [0.25, 0.3) is 0 Å². The van der Waals surface area contributed by atoms with Crippen LogP contribution in [0, 0.1) is 0 Å². The lowest BCUT2D eigenvalue weighted by atomic mass is 10.2. The molecule has 1 aromatic carbocycles. The lowest BCUT2D eigenvalue weighted by Crippen LogP contribution is -2.40. The molecule has 0 radical (unpaired) electrons. The molecule has 0 spiro atoms. The Morgan fingerprint density at radius 3 is 2.35 bits per heavy atom. The number of hydrogen-bond acceptors (Lipinski definition) is 3. The number of carboxylic acids is 1. The van der Waals surface area contributed by atoms with Gasteiger partial charge < -0.3 is 5.11 Å². The van der Waals surface area contributed by atoms with Crippen LogP contribution in [0.2, 0.25) is 5.02 Å². The van der Waals surface area contributed by atoms with Crippen molar-refractivity contribution in [2.24, 2.45) is 0 Å². The van der Waals surface area contributed by atoms with Crippen molar-refractivity contribution in [2.45, 2.75) is 24.3 Å². The van der Waals surface area contributed by atoms with Crippen LogP contribution in [0.15, 0.2) is 29.2 Å². The van der Waals surface area contributed by atoms with Crippen LogP contribution in [0.25, 0.3) is 0 Å². The summed E-state index contributed by atoms with van der Waals surface area (Å²) in [5, 5.41) is 9.19. The van der Waals surface area contributed by atoms with E-state index < -0.39 is 22.0 Å². The normalized spacial score (nSPS) is 13.3. The van der Waals surface area contributed by atoms with Gasteiger partial charge in [-0.15, -0.1) is 0 Å². The molecule has 0 unspecified atom stereocenters. The van der Waals surface area contributed by atoms with Gasteiger partial charge in [-0.05, 0) is 30.7 Å². The summed E-state index contributed by atoms with van der Waals surface area (Å²) < 4.78 is 25.7. The van der Waals surface area contributed by atoms with Crippen molar-refractivity contribution in [3.63, 3.8) is 0 Å². The van der Waals surface area contributed by atoms with Gasteiger partial charge in [-0.25, -0.2) is 8.42 Å². The number of hydrogen-bond donors (Lipinski definition) is 2. The van der Waals surface area contributed by atoms with Crippen molar-refractivity contribution in [3.05, 3.63) is 29.3 Å². The van der Waals surface area contributed by atoms with Gasteiger partial charge in [0.2, 0.25) is 10.0 Å². The highest BCUT2D eigenvalue weighted by molar-refractivity contribution is 7.89. The summed E-state index contributed by atoms with van der Waals surface area (Å²) >= 11 is 5.64. The van der Waals surface area contributed by atoms with E-state index in [9.17, 15) is 13.2 Å². The molecule has 1 aromatic rings. The van der Waals surface area contributed by atoms with Crippen molar-refractivity contribution in [3.8, 4) is 0 Å². The predicted octanol–water partition coefficient (Wildman–Crippen LogP) is 1.48. The van der Waals surface area contributed by atoms with Crippen LogP contribution < -0.4 is 4.72 Å². The molecular weight excluding hydrogens is 266 g/mol. The number of carboxylic acid groups (broad SMARTS) is 1. The van der Waals surface area contributed by atoms with Crippen molar-refractivity contribution in [2.75, 3.05) is 0 Å². The summed E-state index contributed by atoms with van der Waals surface area (Å²) in [7, 11) is -3.82. The van der Waals surface area contributed by atoms with Crippen LogP contribution in [0.3, 0.4) is 0 Å². The Balaban J connectivity index is 2.96. The first-order valence-corrected chi connectivity index (χ1v) is 6.73. The fourth-order valence-electron chi connectivity index (χ4n) is 1.18. The van der Waals surface area contributed by atoms with E-state index in [4.69, 9.17) is 16.7 Å². The number of carbonyl (C=O) groups is 1. The zero-order valence-electron chi connectivity index (χ0n) is 9.05. The molecule has 17 heavy (non-hydrogen) atoms. The standard InChI is InChI=1S/C10H12ClNO4S/c1-2-9(10(13)14)12-17(15,16)8-5-3-7(11)4-6-8/h3-6,9,12H,2H2,1H3,(H,13,14)/t9-/m1/s1. The molecule has 0 aliphatic heterocycles. The zero-order chi connectivity index (χ0) is 13.1. The molecule has 0 amide bonds. The highest BCUT2D eigenvalue weighted by Crippen LogP contribution is 2.14. The molecule has 0 saturated carbocycles. The first-order chi connectivity index (χ1) is 7.86. The minimum atomic E-state index is -3.82. The highest BCUT2D eigenvalue weighted by atomic mass is 35.5. The Hall–Kier alpha value is -1.11. The number of sulfonamides is 1. The van der Waals surface area contributed by atoms with Gasteiger partial charge in [-0.3, -0.25) is 4.79 Å². The van der Waals surface area contributed by atoms with Crippen LogP contribution in [-0.2, 0) is 14.8 Å². The molecule has 1 rings (SSSR count). The van der Waals surface area contributed by atoms with E-state index >= 15 is 0 Å². The largest absolute Gasteiger partial charge is 0.480 e. The molecule has 1 atom stereocenters. The fourth-order valence-corrected chi connectivity index (χ4v) is 2.58. The Bertz CT molecular complexity index is 498. The molecule has 0 bridgehead atoms. The SMILES string of the molecule is CC[C@@H](NS(=O)(=O)c1ccc(Cl)cc1)C(=O)O. The third kappa shape index (κ3) is 3.69. The molecule has 0 saturated heterocycles. The molecule has 5 nitrogen and oxygen atoms in total. The van der Waals surface area contributed by atoms with Crippen LogP contribution in [0.1, 0.15) is 13.3 Å². The second-order valence-corrected chi connectivity index (χ2v) is 5.52. The Morgan fingerprint density at radius 2 is 1.94 bits per heavy atom. The molecular formula is C10H12ClNO4S. The average Bonchev–Trinajstić information content (AvgIpc) is 2.26. The summed E-state index contributed by atoms with van der Waals surface area (Å²) in [5.74, 6) is -1.20. The number of halogens is 1. The van der Waals surface area contributed by atoms with Crippen molar-refractivity contribution >= 4 is 27.6 Å². The average molecular weight is 278 g/mol. The summed E-state index contributed by atoms with van der Waals surface area (Å²) in [4.78, 5) is 10.7. The van der Waals surface area contributed by atoms with Crippen molar-refractivity contribution in [1.82, 2.24) is 4.72 Å². The molecule has 2 N–H and O–H groups in total. The molecule has 94 valence electrons. The summed E-state index contributed by atoms with van der Waals surface area (Å²) in [5.41, 5.74) is 0. The Morgan fingerprint density at radius 1 is 1.41 bits per heavy atom. The molecule has 0 heterocycles. The molecule has 0 aliphatic carbocycles. The monoisotopic (exact) mass is 277 g/mol. The van der Waals surface area contributed by atoms with Gasteiger partial charge in [0, 0.05) is 5.02 Å². The second kappa shape index (κ2) is 5.48. The van der Waals surface area contributed by atoms with Crippen molar-refractivity contribution in [1.29, 1.82) is 0 Å². The topological polar surface area (TPSA) is 83.5 Å². The number of rotatable bonds is 5. The highest BCUT2D eigenvalue weighted by Gasteiger charge is 2.23. The molecule has 0 aliphatic rings. The lowest BCUT2D eigenvalue weighted by Gasteiger charge is -2.12. The number of nitrogens with one attached hydrogen (secondary N) is 1. The third-order valence-corrected chi connectivity index (χ3v) is 3.87. The second-order valence-electron chi connectivity index (χ2n) is 3.37. The first-order valence-electron chi connectivity index (χ1n) is 4.87. The summed E-state index contributed by atoms with van der Waals surface area (Å²) in [6.07, 6.45) is 0.169. The quantitative estimate of drug-likeness (QED) is 0.854. The maximum atomic E-state index is 11.8. The molecule has 0 fully saturated rings. The van der Waals surface area contributed by atoms with E-state index in [2.05, 4.69) is 4.72 Å². The lowest BCUT2D eigenvalue weighted by molar-refractivity contribution is -0.139. The van der Waals surface area contributed by atoms with Crippen LogP contribution in [0.5, 0.6) is 0 Å². The maximum absolute atomic E-state index is 11.8. The maximum Gasteiger partial charge on any atom is 0.321 e. The predicted molar refractivity (Wildman–Crippen MR) is 63.5 cm³/mol. The Kier molecular flexibility index (Phi) is 4.50. The molecule has 0 aromatic heterocycles. The summed E-state index contributed by atoms with van der Waals surface area (Å²) in [6.45, 7) is 1.59. The van der Waals surface area contributed by atoms with Crippen LogP contribution >= 0.6 is 11.6 Å². The Labute approximate surface area is 104 Å². The van der Waals surface area contributed by atoms with Crippen LogP contribution in [0.4, 0.5) is 0 Å². The third-order valence-electron chi connectivity index (χ3n) is 2.13. The minimum Gasteiger partial charge on any atom is -0.480 e. The van der Waals surface area contributed by atoms with E-state index in [-0.39, 0.29) is 11.3 Å². The molecule has 7 heteroatoms. The zero-order valence-corrected chi connectivity index (χ0v) is 10.6. The van der Waals surface area contributed by atoms with Crippen molar-refractivity contribution < 1.29 is 18.3 Å². The number of benzene rings is 1. The number of aliphatic carboxylic acids is 1. The van der Waals surface area contributed by atoms with Gasteiger partial charge in [-0.2, -0.15) is 4.72 Å². The fraction of sp³-hybridized carbons (Fsp3) is 0.300.